The summed E-state index contributed by atoms with van der Waals surface area (Å²) in [6, 6.07) is 18.6. The number of nitrogens with two attached hydrogens (primary N) is 1. The summed E-state index contributed by atoms with van der Waals surface area (Å²) in [5.41, 5.74) is 6.97. The molecular formula is C16H18N2O. The van der Waals surface area contributed by atoms with Crippen LogP contribution in [0.1, 0.15) is 13.3 Å². The lowest BCUT2D eigenvalue weighted by molar-refractivity contribution is 0.178. The topological polar surface area (TPSA) is 59.1 Å². The Balaban J connectivity index is 0.000000232. The van der Waals surface area contributed by atoms with Crippen LogP contribution in [0.15, 0.2) is 54.6 Å². The highest BCUT2D eigenvalue weighted by molar-refractivity contribution is 5.92. The minimum absolute atomic E-state index is 0.616. The molecule has 1 atom stereocenters. The Morgan fingerprint density at radius 1 is 1.00 bits per heavy atom. The second kappa shape index (κ2) is 6.27. The molecule has 0 radical (unpaired) electrons. The third kappa shape index (κ3) is 3.50. The average Bonchev–Trinajstić information content (AvgIpc) is 2.45. The summed E-state index contributed by atoms with van der Waals surface area (Å²) in [4.78, 5) is 4.58. The molecule has 0 spiro atoms. The fraction of sp³-hybridized carbons (Fsp3) is 0.188. The predicted octanol–water partition coefficient (Wildman–Crippen LogP) is 3.06. The molecule has 2 aromatic carbocycles. The van der Waals surface area contributed by atoms with Gasteiger partial charge in [-0.25, -0.2) is 4.98 Å². The van der Waals surface area contributed by atoms with Gasteiger partial charge in [0.25, 0.3) is 0 Å². The van der Waals surface area contributed by atoms with Crippen molar-refractivity contribution in [1.82, 2.24) is 4.98 Å². The van der Waals surface area contributed by atoms with Gasteiger partial charge in [-0.1, -0.05) is 43.3 Å². The molecule has 98 valence electrons. The maximum atomic E-state index is 8.14. The van der Waals surface area contributed by atoms with Gasteiger partial charge in [-0.2, -0.15) is 0 Å². The van der Waals surface area contributed by atoms with Crippen molar-refractivity contribution in [1.29, 1.82) is 0 Å². The normalized spacial score (nSPS) is 11.9. The molecule has 0 saturated carbocycles. The van der Waals surface area contributed by atoms with Gasteiger partial charge < -0.3 is 10.8 Å². The van der Waals surface area contributed by atoms with E-state index in [1.165, 1.54) is 10.8 Å². The first kappa shape index (κ1) is 13.5. The Morgan fingerprint density at radius 3 is 1.84 bits per heavy atom. The van der Waals surface area contributed by atoms with Crippen LogP contribution < -0.4 is 5.73 Å². The van der Waals surface area contributed by atoms with Gasteiger partial charge in [-0.3, -0.25) is 0 Å². The number of para-hydroxylation sites is 2. The smallest absolute Gasteiger partial charge is 0.102 e. The number of benzene rings is 2. The number of aliphatic hydroxyl groups is 1. The van der Waals surface area contributed by atoms with Gasteiger partial charge in [0.2, 0.25) is 0 Å². The van der Waals surface area contributed by atoms with E-state index in [1.807, 2.05) is 43.3 Å². The molecule has 3 aromatic rings. The Labute approximate surface area is 112 Å². The first-order chi connectivity index (χ1) is 9.20. The lowest BCUT2D eigenvalue weighted by Gasteiger charge is -1.99. The summed E-state index contributed by atoms with van der Waals surface area (Å²) >= 11 is 0. The van der Waals surface area contributed by atoms with Gasteiger partial charge in [0.1, 0.15) is 6.23 Å². The van der Waals surface area contributed by atoms with E-state index in [4.69, 9.17) is 10.8 Å². The molecule has 0 aliphatic carbocycles. The molecule has 3 rings (SSSR count). The number of hydrogen-bond acceptors (Lipinski definition) is 3. The highest BCUT2D eigenvalue weighted by Gasteiger charge is 1.96. The Morgan fingerprint density at radius 2 is 1.42 bits per heavy atom. The van der Waals surface area contributed by atoms with Crippen LogP contribution in [-0.4, -0.2) is 16.3 Å². The minimum atomic E-state index is -0.616. The van der Waals surface area contributed by atoms with E-state index in [0.717, 1.165) is 11.0 Å². The zero-order chi connectivity index (χ0) is 13.7. The van der Waals surface area contributed by atoms with Gasteiger partial charge in [0, 0.05) is 10.8 Å². The molecule has 3 heteroatoms. The Bertz CT molecular complexity index is 560. The van der Waals surface area contributed by atoms with Crippen LogP contribution in [-0.2, 0) is 0 Å². The average molecular weight is 254 g/mol. The molecule has 0 amide bonds. The second-order valence-corrected chi connectivity index (χ2v) is 4.35. The van der Waals surface area contributed by atoms with Crippen molar-refractivity contribution in [3.63, 3.8) is 0 Å². The molecular weight excluding hydrogens is 236 g/mol. The second-order valence-electron chi connectivity index (χ2n) is 4.35. The SMILES string of the molecule is CCC(N)O.c1ccc2nc3ccccc3cc2c1. The van der Waals surface area contributed by atoms with Crippen LogP contribution in [0.4, 0.5) is 0 Å². The van der Waals surface area contributed by atoms with Crippen LogP contribution in [0.5, 0.6) is 0 Å². The number of nitrogens with zero attached hydrogens (tertiary/aromatic N) is 1. The molecule has 0 aliphatic rings. The molecule has 19 heavy (non-hydrogen) atoms. The molecule has 0 saturated heterocycles. The molecule has 1 unspecified atom stereocenters. The molecule has 1 aromatic heterocycles. The van der Waals surface area contributed by atoms with E-state index in [9.17, 15) is 0 Å². The molecule has 0 bridgehead atoms. The van der Waals surface area contributed by atoms with Crippen molar-refractivity contribution < 1.29 is 5.11 Å². The van der Waals surface area contributed by atoms with Crippen molar-refractivity contribution >= 4 is 21.8 Å². The van der Waals surface area contributed by atoms with E-state index < -0.39 is 6.23 Å². The number of hydrogen-bond donors (Lipinski definition) is 2. The summed E-state index contributed by atoms with van der Waals surface area (Å²) in [6.07, 6.45) is 0.0231. The zero-order valence-electron chi connectivity index (χ0n) is 11.0. The molecule has 3 nitrogen and oxygen atoms in total. The number of aliphatic hydroxyl groups excluding tert-OH is 1. The summed E-state index contributed by atoms with van der Waals surface area (Å²) in [5, 5.41) is 10.5. The van der Waals surface area contributed by atoms with Crippen LogP contribution >= 0.6 is 0 Å². The number of fused-ring (bicyclic) bond motifs is 2. The maximum absolute atomic E-state index is 8.14. The molecule has 1 heterocycles. The lowest BCUT2D eigenvalue weighted by atomic mass is 10.1. The standard InChI is InChI=1S/C13H9N.C3H9NO/c1-3-7-12-10(5-1)9-11-6-2-4-8-13(11)14-12;1-2-3(4)5/h1-9H;3,5H,2,4H2,1H3. The lowest BCUT2D eigenvalue weighted by Crippen LogP contribution is -2.16. The zero-order valence-corrected chi connectivity index (χ0v) is 11.0. The fourth-order valence-corrected chi connectivity index (χ4v) is 1.72. The van der Waals surface area contributed by atoms with Crippen LogP contribution in [0.3, 0.4) is 0 Å². The van der Waals surface area contributed by atoms with Gasteiger partial charge in [-0.15, -0.1) is 0 Å². The Hall–Kier alpha value is -1.97. The summed E-state index contributed by atoms with van der Waals surface area (Å²) in [7, 11) is 0. The largest absolute Gasteiger partial charge is 0.379 e. The predicted molar refractivity (Wildman–Crippen MR) is 79.7 cm³/mol. The van der Waals surface area contributed by atoms with Crippen molar-refractivity contribution in [2.45, 2.75) is 19.6 Å². The third-order valence-electron chi connectivity index (χ3n) is 2.84. The number of aromatic nitrogens is 1. The molecule has 0 fully saturated rings. The van der Waals surface area contributed by atoms with Gasteiger partial charge >= 0.3 is 0 Å². The van der Waals surface area contributed by atoms with Gasteiger partial charge in [-0.05, 0) is 24.6 Å². The first-order valence-corrected chi connectivity index (χ1v) is 6.39. The number of pyridine rings is 1. The summed E-state index contributed by atoms with van der Waals surface area (Å²) in [5.74, 6) is 0. The summed E-state index contributed by atoms with van der Waals surface area (Å²) < 4.78 is 0. The highest BCUT2D eigenvalue weighted by atomic mass is 16.3. The molecule has 0 aliphatic heterocycles. The van der Waals surface area contributed by atoms with Crippen LogP contribution in [0.25, 0.3) is 21.8 Å². The monoisotopic (exact) mass is 254 g/mol. The van der Waals surface area contributed by atoms with E-state index in [1.54, 1.807) is 0 Å². The van der Waals surface area contributed by atoms with Crippen molar-refractivity contribution in [2.24, 2.45) is 5.73 Å². The minimum Gasteiger partial charge on any atom is -0.379 e. The van der Waals surface area contributed by atoms with Crippen LogP contribution in [0.2, 0.25) is 0 Å². The maximum Gasteiger partial charge on any atom is 0.102 e. The van der Waals surface area contributed by atoms with E-state index in [0.29, 0.717) is 6.42 Å². The van der Waals surface area contributed by atoms with E-state index >= 15 is 0 Å². The third-order valence-corrected chi connectivity index (χ3v) is 2.84. The fourth-order valence-electron chi connectivity index (χ4n) is 1.72. The van der Waals surface area contributed by atoms with E-state index in [2.05, 4.69) is 23.2 Å². The number of rotatable bonds is 1. The van der Waals surface area contributed by atoms with E-state index in [-0.39, 0.29) is 0 Å². The van der Waals surface area contributed by atoms with Gasteiger partial charge in [0.05, 0.1) is 11.0 Å². The summed E-state index contributed by atoms with van der Waals surface area (Å²) in [6.45, 7) is 1.82. The molecule has 3 N–H and O–H groups in total. The highest BCUT2D eigenvalue weighted by Crippen LogP contribution is 2.18. The van der Waals surface area contributed by atoms with Crippen molar-refractivity contribution in [3.8, 4) is 0 Å². The quantitative estimate of drug-likeness (QED) is 0.518. The Kier molecular flexibility index (Phi) is 4.44. The van der Waals surface area contributed by atoms with Gasteiger partial charge in [0.15, 0.2) is 0 Å². The first-order valence-electron chi connectivity index (χ1n) is 6.39. The van der Waals surface area contributed by atoms with Crippen molar-refractivity contribution in [3.05, 3.63) is 54.6 Å². The van der Waals surface area contributed by atoms with Crippen molar-refractivity contribution in [2.75, 3.05) is 0 Å². The van der Waals surface area contributed by atoms with Crippen LogP contribution in [0, 0.1) is 0 Å².